The number of ether oxygens (including phenoxy) is 1. The third-order valence-electron chi connectivity index (χ3n) is 7.51. The Morgan fingerprint density at radius 2 is 0.609 bits per heavy atom. The molecule has 2 N–H and O–H groups in total. The van der Waals surface area contributed by atoms with Gasteiger partial charge in [-0.1, -0.05) is 181 Å². The molecule has 0 aliphatic carbocycles. The maximum atomic E-state index is 10.2. The van der Waals surface area contributed by atoms with E-state index in [4.69, 9.17) is 26.8 Å². The summed E-state index contributed by atoms with van der Waals surface area (Å²) in [5.74, 6) is 0. The molecular weight excluding hydrogens is 639 g/mol. The van der Waals surface area contributed by atoms with Crippen molar-refractivity contribution in [2.24, 2.45) is 0 Å². The average Bonchev–Trinajstić information content (AvgIpc) is 2.96. The fourth-order valence-electron chi connectivity index (χ4n) is 4.89. The van der Waals surface area contributed by atoms with E-state index in [1.54, 1.807) is 0 Å². The van der Waals surface area contributed by atoms with Crippen molar-refractivity contribution in [2.75, 3.05) is 19.8 Å². The number of rotatable bonds is 32. The van der Waals surface area contributed by atoms with Crippen LogP contribution in [0.4, 0.5) is 0 Å². The Morgan fingerprint density at radius 1 is 0.413 bits per heavy atom. The second-order valence-electron chi connectivity index (χ2n) is 12.1. The largest absolute Gasteiger partial charge is 1.00 e. The second kappa shape index (κ2) is 43.7. The van der Waals surface area contributed by atoms with Gasteiger partial charge in [-0.15, -0.1) is 0 Å². The molecule has 12 heteroatoms. The molecule has 276 valence electrons. The summed E-state index contributed by atoms with van der Waals surface area (Å²) in [5, 5.41) is 0. The number of hydrogen-bond acceptors (Lipinski definition) is 7. The molecule has 0 fully saturated rings. The fourth-order valence-corrected chi connectivity index (χ4v) is 5.21. The Hall–Kier alpha value is 0.700. The van der Waals surface area contributed by atoms with E-state index in [2.05, 4.69) is 25.0 Å². The maximum Gasteiger partial charge on any atom is 1.00 e. The van der Waals surface area contributed by atoms with Gasteiger partial charge < -0.3 is 9.29 Å². The summed E-state index contributed by atoms with van der Waals surface area (Å²) >= 11 is 0. The SMILES string of the molecule is CCCCCCCCCCCCOCCCCCCCCCCCC.CCCCCCCCCCOS(=O)(=O)O.O=S(=O)([O-])O.[Na+]. The summed E-state index contributed by atoms with van der Waals surface area (Å²) < 4.78 is 71.4. The fraction of sp³-hybridized carbons (Fsp3) is 1.00. The first-order valence-electron chi connectivity index (χ1n) is 18.4. The van der Waals surface area contributed by atoms with Crippen LogP contribution in [-0.2, 0) is 29.7 Å². The standard InChI is InChI=1S/C24H50O.C10H22O4S.Na.H2O4S/c1-3-5-7-9-11-13-15-17-19-21-23-25-24-22-20-18-16-14-12-10-8-6-4-2;1-2-3-4-5-6-7-8-9-10-14-15(11,12)13;;1-5(2,3)4/h3-24H2,1-2H3;2-10H2,1H3,(H,11,12,13);;(H2,1,2,3,4)/q;;+1;/p-1. The summed E-state index contributed by atoms with van der Waals surface area (Å²) in [6.45, 7) is 8.85. The minimum atomic E-state index is -4.92. The van der Waals surface area contributed by atoms with E-state index in [1.807, 2.05) is 0 Å². The van der Waals surface area contributed by atoms with E-state index in [1.165, 1.54) is 161 Å². The van der Waals surface area contributed by atoms with Gasteiger partial charge in [-0.05, 0) is 19.3 Å². The molecule has 0 aliphatic heterocycles. The van der Waals surface area contributed by atoms with Crippen molar-refractivity contribution >= 4 is 20.8 Å². The van der Waals surface area contributed by atoms with Gasteiger partial charge in [0.2, 0.25) is 10.4 Å². The Morgan fingerprint density at radius 3 is 0.826 bits per heavy atom. The van der Waals surface area contributed by atoms with E-state index in [-0.39, 0.29) is 36.2 Å². The smallest absolute Gasteiger partial charge is 0.726 e. The van der Waals surface area contributed by atoms with Crippen molar-refractivity contribution in [2.45, 2.75) is 201 Å². The first kappa shape index (κ1) is 53.5. The second-order valence-corrected chi connectivity index (χ2v) is 14.1. The zero-order valence-corrected chi connectivity index (χ0v) is 34.1. The van der Waals surface area contributed by atoms with Crippen LogP contribution in [0.25, 0.3) is 0 Å². The van der Waals surface area contributed by atoms with Crippen LogP contribution in [0, 0.1) is 0 Å². The molecule has 0 atom stereocenters. The molecule has 0 aromatic heterocycles. The minimum absolute atomic E-state index is 0. The monoisotopic (exact) mass is 712 g/mol. The van der Waals surface area contributed by atoms with Gasteiger partial charge in [0.1, 0.15) is 0 Å². The molecule has 0 aromatic carbocycles. The predicted octanol–water partition coefficient (Wildman–Crippen LogP) is 7.80. The molecule has 0 rings (SSSR count). The van der Waals surface area contributed by atoms with Crippen LogP contribution in [0.2, 0.25) is 0 Å². The molecule has 0 saturated heterocycles. The van der Waals surface area contributed by atoms with E-state index < -0.39 is 20.8 Å². The molecule has 0 spiro atoms. The number of hydrogen-bond donors (Lipinski definition) is 2. The minimum Gasteiger partial charge on any atom is -0.726 e. The zero-order valence-electron chi connectivity index (χ0n) is 30.5. The number of unbranched alkanes of at least 4 members (excludes halogenated alkanes) is 25. The van der Waals surface area contributed by atoms with E-state index >= 15 is 0 Å². The third kappa shape index (κ3) is 70.9. The van der Waals surface area contributed by atoms with Crippen LogP contribution >= 0.6 is 0 Å². The molecule has 0 aliphatic rings. The molecule has 0 aromatic rings. The van der Waals surface area contributed by atoms with Gasteiger partial charge in [0, 0.05) is 13.2 Å². The normalized spacial score (nSPS) is 11.3. The van der Waals surface area contributed by atoms with Gasteiger partial charge in [0.15, 0.2) is 0 Å². The molecule has 0 unspecified atom stereocenters. The Kier molecular flexibility index (Phi) is 50.8. The summed E-state index contributed by atoms with van der Waals surface area (Å²) in [4.78, 5) is 0. The molecule has 0 amide bonds. The topological polar surface area (TPSA) is 150 Å². The summed E-state index contributed by atoms with van der Waals surface area (Å²) in [5.41, 5.74) is 0. The zero-order chi connectivity index (χ0) is 34.3. The van der Waals surface area contributed by atoms with E-state index in [9.17, 15) is 8.42 Å². The average molecular weight is 713 g/mol. The van der Waals surface area contributed by atoms with Crippen LogP contribution < -0.4 is 29.6 Å². The van der Waals surface area contributed by atoms with Gasteiger partial charge in [-0.25, -0.2) is 12.6 Å². The van der Waals surface area contributed by atoms with Crippen LogP contribution in [0.1, 0.15) is 201 Å². The Bertz CT molecular complexity index is 722. The van der Waals surface area contributed by atoms with Gasteiger partial charge in [-0.2, -0.15) is 8.42 Å². The molecule has 0 saturated carbocycles. The first-order valence-corrected chi connectivity index (χ1v) is 21.1. The molecule has 46 heavy (non-hydrogen) atoms. The van der Waals surface area contributed by atoms with Crippen molar-refractivity contribution in [1.82, 2.24) is 0 Å². The molecule has 0 radical (unpaired) electrons. The summed E-state index contributed by atoms with van der Waals surface area (Å²) in [6, 6.07) is 0. The molecular formula is C34H73NaO9S2. The van der Waals surface area contributed by atoms with Crippen molar-refractivity contribution in [3.8, 4) is 0 Å². The quantitative estimate of drug-likeness (QED) is 0.0308. The van der Waals surface area contributed by atoms with Gasteiger partial charge in [0.25, 0.3) is 0 Å². The van der Waals surface area contributed by atoms with Crippen molar-refractivity contribution in [1.29, 1.82) is 0 Å². The van der Waals surface area contributed by atoms with Crippen molar-refractivity contribution < 1.29 is 69.0 Å². The van der Waals surface area contributed by atoms with E-state index in [0.717, 1.165) is 26.1 Å². The van der Waals surface area contributed by atoms with Crippen LogP contribution in [0.3, 0.4) is 0 Å². The van der Waals surface area contributed by atoms with Gasteiger partial charge in [-0.3, -0.25) is 9.11 Å². The third-order valence-corrected chi connectivity index (χ3v) is 7.98. The maximum absolute atomic E-state index is 10.2. The van der Waals surface area contributed by atoms with Gasteiger partial charge in [0.05, 0.1) is 6.61 Å². The first-order chi connectivity index (χ1) is 21.5. The molecule has 9 nitrogen and oxygen atoms in total. The van der Waals surface area contributed by atoms with Crippen molar-refractivity contribution in [3.05, 3.63) is 0 Å². The predicted molar refractivity (Wildman–Crippen MR) is 187 cm³/mol. The Labute approximate surface area is 308 Å². The van der Waals surface area contributed by atoms with E-state index in [0.29, 0.717) is 6.42 Å². The summed E-state index contributed by atoms with van der Waals surface area (Å²) in [6.07, 6.45) is 37.2. The van der Waals surface area contributed by atoms with Gasteiger partial charge >= 0.3 is 40.0 Å². The van der Waals surface area contributed by atoms with Crippen LogP contribution in [-0.4, -0.2) is 50.3 Å². The Balaban J connectivity index is -0.000000355. The molecule has 0 heterocycles. The molecule has 0 bridgehead atoms. The van der Waals surface area contributed by atoms with Crippen molar-refractivity contribution in [3.63, 3.8) is 0 Å². The van der Waals surface area contributed by atoms with Crippen LogP contribution in [0.5, 0.6) is 0 Å². The summed E-state index contributed by atoms with van der Waals surface area (Å²) in [7, 11) is -9.15. The van der Waals surface area contributed by atoms with Crippen LogP contribution in [0.15, 0.2) is 0 Å².